The van der Waals surface area contributed by atoms with Crippen LogP contribution in [0.3, 0.4) is 0 Å². The first-order valence-electron chi connectivity index (χ1n) is 5.16. The van der Waals surface area contributed by atoms with Crippen molar-refractivity contribution in [2.45, 2.75) is 31.7 Å². The van der Waals surface area contributed by atoms with E-state index in [9.17, 15) is 8.42 Å². The number of hydrogen-bond donors (Lipinski definition) is 1. The van der Waals surface area contributed by atoms with Crippen molar-refractivity contribution < 1.29 is 30.4 Å². The predicted octanol–water partition coefficient (Wildman–Crippen LogP) is -3.09. The Bertz CT molecular complexity index is 284. The average molecular weight is 321 g/mol. The van der Waals surface area contributed by atoms with Crippen molar-refractivity contribution in [3.8, 4) is 0 Å². The molecule has 0 aliphatic rings. The molecule has 0 spiro atoms. The van der Waals surface area contributed by atoms with E-state index >= 15 is 0 Å². The van der Waals surface area contributed by atoms with Crippen LogP contribution in [0.15, 0.2) is 0 Å². The highest BCUT2D eigenvalue weighted by Gasteiger charge is 2.26. The summed E-state index contributed by atoms with van der Waals surface area (Å²) in [6.07, 6.45) is 2.69. The molecule has 0 aromatic carbocycles. The summed E-state index contributed by atoms with van der Waals surface area (Å²) in [4.78, 5) is 0. The summed E-state index contributed by atoms with van der Waals surface area (Å²) in [5, 5.41) is 0. The van der Waals surface area contributed by atoms with Gasteiger partial charge in [-0.05, 0) is 12.8 Å². The molecule has 0 heterocycles. The maximum atomic E-state index is 10.2. The van der Waals surface area contributed by atoms with E-state index in [1.165, 1.54) is 0 Å². The Balaban J connectivity index is 3.70. The highest BCUT2D eigenvalue weighted by atomic mass is 32.3. The standard InChI is InChI=1S/C6H20O7SSi3/c7-14(8,9)10-5-3-1-2-4-6(11-15,12-16)13-17/h1-5H2,15-17H3,(H,7,8,9). The molecule has 0 aromatic heterocycles. The molecular formula is C6H20O7SSi3. The summed E-state index contributed by atoms with van der Waals surface area (Å²) in [5.41, 5.74) is 0. The molecule has 0 saturated carbocycles. The van der Waals surface area contributed by atoms with E-state index in [1.54, 1.807) is 0 Å². The normalized spacial score (nSPS) is 16.3. The van der Waals surface area contributed by atoms with Gasteiger partial charge in [-0.1, -0.05) is 6.42 Å². The Labute approximate surface area is 111 Å². The lowest BCUT2D eigenvalue weighted by Crippen LogP contribution is -2.37. The fourth-order valence-corrected chi connectivity index (χ4v) is 4.28. The van der Waals surface area contributed by atoms with Crippen LogP contribution in [0.25, 0.3) is 0 Å². The summed E-state index contributed by atoms with van der Waals surface area (Å²) in [6, 6.07) is 0. The molecule has 0 amide bonds. The van der Waals surface area contributed by atoms with E-state index in [1.807, 2.05) is 0 Å². The van der Waals surface area contributed by atoms with Gasteiger partial charge in [0.15, 0.2) is 31.5 Å². The third kappa shape index (κ3) is 8.17. The Morgan fingerprint density at radius 3 is 1.94 bits per heavy atom. The Kier molecular flexibility index (Phi) is 8.69. The molecule has 7 nitrogen and oxygen atoms in total. The zero-order chi connectivity index (χ0) is 13.4. The Morgan fingerprint density at radius 1 is 1.00 bits per heavy atom. The monoisotopic (exact) mass is 320 g/mol. The van der Waals surface area contributed by atoms with Gasteiger partial charge in [-0.15, -0.1) is 0 Å². The van der Waals surface area contributed by atoms with Gasteiger partial charge >= 0.3 is 10.4 Å². The first-order chi connectivity index (χ1) is 7.89. The van der Waals surface area contributed by atoms with Gasteiger partial charge in [0, 0.05) is 6.42 Å². The van der Waals surface area contributed by atoms with Crippen molar-refractivity contribution in [3.63, 3.8) is 0 Å². The van der Waals surface area contributed by atoms with Gasteiger partial charge in [0.25, 0.3) is 5.97 Å². The van der Waals surface area contributed by atoms with Crippen LogP contribution in [0.4, 0.5) is 0 Å². The van der Waals surface area contributed by atoms with Crippen LogP contribution in [0, 0.1) is 0 Å². The number of unbranched alkanes of at least 4 members (excludes halogenated alkanes) is 2. The van der Waals surface area contributed by atoms with Gasteiger partial charge in [0.1, 0.15) is 0 Å². The minimum atomic E-state index is -4.31. The minimum Gasteiger partial charge on any atom is -0.382 e. The predicted molar refractivity (Wildman–Crippen MR) is 71.8 cm³/mol. The molecule has 0 aromatic rings. The van der Waals surface area contributed by atoms with Crippen LogP contribution >= 0.6 is 0 Å². The van der Waals surface area contributed by atoms with Gasteiger partial charge in [0.05, 0.1) is 6.61 Å². The van der Waals surface area contributed by atoms with Gasteiger partial charge in [0.2, 0.25) is 0 Å². The second kappa shape index (κ2) is 8.49. The van der Waals surface area contributed by atoms with Gasteiger partial charge in [-0.25, -0.2) is 4.18 Å². The summed E-state index contributed by atoms with van der Waals surface area (Å²) in [6.45, 7) is -0.0168. The zero-order valence-corrected chi connectivity index (χ0v) is 17.2. The average Bonchev–Trinajstić information content (AvgIpc) is 2.28. The summed E-state index contributed by atoms with van der Waals surface area (Å²) >= 11 is 0. The van der Waals surface area contributed by atoms with Crippen molar-refractivity contribution in [2.24, 2.45) is 0 Å². The molecule has 1 N–H and O–H groups in total. The summed E-state index contributed by atoms with van der Waals surface area (Å²) in [5.74, 6) is -0.866. The van der Waals surface area contributed by atoms with Crippen LogP contribution in [-0.4, -0.2) is 57.0 Å². The van der Waals surface area contributed by atoms with Crippen LogP contribution < -0.4 is 0 Å². The van der Waals surface area contributed by atoms with E-state index in [0.29, 0.717) is 44.3 Å². The molecule has 0 bridgehead atoms. The first-order valence-corrected chi connectivity index (χ1v) is 8.98. The van der Waals surface area contributed by atoms with Crippen LogP contribution in [0.1, 0.15) is 25.7 Å². The second-order valence-corrected chi connectivity index (χ2v) is 5.67. The van der Waals surface area contributed by atoms with E-state index in [0.717, 1.165) is 12.8 Å². The topological polar surface area (TPSA) is 91.3 Å². The maximum Gasteiger partial charge on any atom is 0.397 e. The van der Waals surface area contributed by atoms with Crippen molar-refractivity contribution in [1.82, 2.24) is 0 Å². The molecule has 104 valence electrons. The van der Waals surface area contributed by atoms with E-state index in [-0.39, 0.29) is 6.61 Å². The third-order valence-electron chi connectivity index (χ3n) is 2.29. The second-order valence-electron chi connectivity index (χ2n) is 3.36. The maximum absolute atomic E-state index is 10.2. The van der Waals surface area contributed by atoms with Crippen LogP contribution in [-0.2, 0) is 27.9 Å². The third-order valence-corrected chi connectivity index (χ3v) is 4.62. The molecule has 0 fully saturated rings. The van der Waals surface area contributed by atoms with Gasteiger partial charge < -0.3 is 13.3 Å². The molecule has 11 heteroatoms. The fraction of sp³-hybridized carbons (Fsp3) is 1.00. The van der Waals surface area contributed by atoms with E-state index < -0.39 is 16.4 Å². The quantitative estimate of drug-likeness (QED) is 0.197. The summed E-state index contributed by atoms with van der Waals surface area (Å²) in [7, 11) is -2.70. The van der Waals surface area contributed by atoms with Crippen molar-refractivity contribution in [2.75, 3.05) is 6.61 Å². The zero-order valence-electron chi connectivity index (χ0n) is 10.3. The number of rotatable bonds is 10. The fourth-order valence-electron chi connectivity index (χ4n) is 1.34. The highest BCUT2D eigenvalue weighted by molar-refractivity contribution is 7.80. The first kappa shape index (κ1) is 17.4. The number of hydrogen-bond acceptors (Lipinski definition) is 6. The molecule has 0 unspecified atom stereocenters. The van der Waals surface area contributed by atoms with Crippen molar-refractivity contribution >= 4 is 41.9 Å². The van der Waals surface area contributed by atoms with E-state index in [4.69, 9.17) is 17.8 Å². The molecule has 0 aliphatic heterocycles. The molecule has 17 heavy (non-hydrogen) atoms. The Morgan fingerprint density at radius 2 is 1.53 bits per heavy atom. The van der Waals surface area contributed by atoms with Crippen LogP contribution in [0.2, 0.25) is 0 Å². The summed E-state index contributed by atoms with van der Waals surface area (Å²) < 4.78 is 48.9. The lowest BCUT2D eigenvalue weighted by atomic mass is 10.2. The highest BCUT2D eigenvalue weighted by Crippen LogP contribution is 2.19. The molecule has 0 radical (unpaired) electrons. The van der Waals surface area contributed by atoms with Gasteiger partial charge in [-0.3, -0.25) is 4.55 Å². The lowest BCUT2D eigenvalue weighted by molar-refractivity contribution is -0.253. The SMILES string of the molecule is O=S(=O)(O)OCCCCCC(O[SiH3])(O[SiH3])O[SiH3]. The molecule has 0 atom stereocenters. The molecule has 0 rings (SSSR count). The van der Waals surface area contributed by atoms with Crippen LogP contribution in [0.5, 0.6) is 0 Å². The Hall–Kier alpha value is 0.401. The van der Waals surface area contributed by atoms with E-state index in [2.05, 4.69) is 4.18 Å². The smallest absolute Gasteiger partial charge is 0.382 e. The molecule has 0 saturated heterocycles. The van der Waals surface area contributed by atoms with Crippen molar-refractivity contribution in [1.29, 1.82) is 0 Å². The molecular weight excluding hydrogens is 300 g/mol. The van der Waals surface area contributed by atoms with Gasteiger partial charge in [-0.2, -0.15) is 8.42 Å². The lowest BCUT2D eigenvalue weighted by Gasteiger charge is -2.30. The largest absolute Gasteiger partial charge is 0.397 e. The molecule has 0 aliphatic carbocycles. The minimum absolute atomic E-state index is 0.0168. The van der Waals surface area contributed by atoms with Crippen molar-refractivity contribution in [3.05, 3.63) is 0 Å².